The summed E-state index contributed by atoms with van der Waals surface area (Å²) in [4.78, 5) is 0. The average molecular weight is 375 g/mol. The zero-order valence-electron chi connectivity index (χ0n) is 17.0. The van der Waals surface area contributed by atoms with Crippen molar-refractivity contribution in [3.8, 4) is 22.5 Å². The van der Waals surface area contributed by atoms with E-state index in [9.17, 15) is 0 Å². The van der Waals surface area contributed by atoms with Crippen molar-refractivity contribution in [1.29, 1.82) is 0 Å². The highest BCUT2D eigenvalue weighted by Gasteiger charge is 2.24. The van der Waals surface area contributed by atoms with Gasteiger partial charge in [-0.25, -0.2) is 18.3 Å². The Morgan fingerprint density at radius 1 is 0.714 bits per heavy atom. The lowest BCUT2D eigenvalue weighted by atomic mass is 10.1. The lowest BCUT2D eigenvalue weighted by Crippen LogP contribution is -2.30. The molecule has 0 aliphatic heterocycles. The zero-order chi connectivity index (χ0) is 19.3. The summed E-state index contributed by atoms with van der Waals surface area (Å²) in [5.41, 5.74) is 5.00. The van der Waals surface area contributed by atoms with Crippen LogP contribution in [0.1, 0.15) is 39.5 Å². The third-order valence-electron chi connectivity index (χ3n) is 5.34. The first-order valence-corrected chi connectivity index (χ1v) is 10.5. The second-order valence-corrected chi connectivity index (χ2v) is 7.48. The summed E-state index contributed by atoms with van der Waals surface area (Å²) < 4.78 is 9.05. The van der Waals surface area contributed by atoms with Crippen LogP contribution >= 0.6 is 0 Å². The van der Waals surface area contributed by atoms with Crippen molar-refractivity contribution >= 4 is 0 Å². The van der Waals surface area contributed by atoms with Crippen LogP contribution < -0.4 is 9.13 Å². The Morgan fingerprint density at radius 2 is 1.21 bits per heavy atom. The summed E-state index contributed by atoms with van der Waals surface area (Å²) in [5, 5.41) is 0. The Labute approximate surface area is 167 Å². The molecule has 4 nitrogen and oxygen atoms in total. The van der Waals surface area contributed by atoms with Crippen LogP contribution in [0.4, 0.5) is 0 Å². The summed E-state index contributed by atoms with van der Waals surface area (Å²) in [5.74, 6) is 0. The Morgan fingerprint density at radius 3 is 1.68 bits per heavy atom. The molecule has 0 atom stereocenters. The van der Waals surface area contributed by atoms with Crippen LogP contribution in [-0.2, 0) is 13.1 Å². The summed E-state index contributed by atoms with van der Waals surface area (Å²) in [6.45, 7) is 6.60. The SMILES string of the molecule is CCCC[n+]1ccn(-c2cc(-n3cc[n+](CCCC)c3)c3cccccc2-3)c1. The van der Waals surface area contributed by atoms with Crippen molar-refractivity contribution < 1.29 is 9.13 Å². The van der Waals surface area contributed by atoms with Gasteiger partial charge in [0.1, 0.15) is 36.2 Å². The number of aromatic nitrogens is 4. The number of unbranched alkanes of at least 4 members (excludes halogenated alkanes) is 2. The monoisotopic (exact) mass is 374 g/mol. The molecule has 0 N–H and O–H groups in total. The first-order chi connectivity index (χ1) is 13.8. The molecule has 0 spiro atoms. The van der Waals surface area contributed by atoms with Gasteiger partial charge in [0, 0.05) is 17.2 Å². The molecule has 2 aliphatic carbocycles. The molecule has 4 rings (SSSR count). The van der Waals surface area contributed by atoms with Crippen molar-refractivity contribution in [1.82, 2.24) is 9.13 Å². The maximum absolute atomic E-state index is 2.30. The summed E-state index contributed by atoms with van der Waals surface area (Å²) in [6.07, 6.45) is 17.9. The predicted molar refractivity (Wildman–Crippen MR) is 112 cm³/mol. The molecule has 0 amide bonds. The second kappa shape index (κ2) is 8.42. The quantitative estimate of drug-likeness (QED) is 0.403. The molecule has 0 aromatic carbocycles. The van der Waals surface area contributed by atoms with Gasteiger partial charge < -0.3 is 0 Å². The Balaban J connectivity index is 1.74. The van der Waals surface area contributed by atoms with E-state index in [1.165, 1.54) is 48.2 Å². The number of hydrogen-bond acceptors (Lipinski definition) is 0. The van der Waals surface area contributed by atoms with E-state index in [0.717, 1.165) is 13.1 Å². The van der Waals surface area contributed by atoms with Gasteiger partial charge >= 0.3 is 0 Å². The minimum atomic E-state index is 1.07. The van der Waals surface area contributed by atoms with Gasteiger partial charge in [0.25, 0.3) is 0 Å². The molecule has 28 heavy (non-hydrogen) atoms. The number of hydrogen-bond donors (Lipinski definition) is 0. The van der Waals surface area contributed by atoms with Crippen molar-refractivity contribution in [2.75, 3.05) is 0 Å². The van der Waals surface area contributed by atoms with Crippen LogP contribution in [-0.4, -0.2) is 9.13 Å². The standard InChI is InChI=1S/C24H30N4/c1-3-5-12-25-14-16-27(19-25)23-18-24(22-11-9-7-8-10-21(22)23)28-17-15-26(20-28)13-6-4-2/h7-11,14-20H,3-6,12-13H2,1-2H3/q+2. The molecule has 2 aromatic rings. The first-order valence-electron chi connectivity index (χ1n) is 10.5. The van der Waals surface area contributed by atoms with Crippen LogP contribution in [0, 0.1) is 0 Å². The largest absolute Gasteiger partial charge is 0.248 e. The lowest BCUT2D eigenvalue weighted by molar-refractivity contribution is -0.696. The fraction of sp³-hybridized carbons (Fsp3) is 0.333. The molecule has 0 fully saturated rings. The van der Waals surface area contributed by atoms with Crippen molar-refractivity contribution in [3.63, 3.8) is 0 Å². The van der Waals surface area contributed by atoms with E-state index in [-0.39, 0.29) is 0 Å². The molecule has 2 aliphatic rings. The van der Waals surface area contributed by atoms with Gasteiger partial charge in [-0.2, -0.15) is 0 Å². The average Bonchev–Trinajstić information content (AvgIpc) is 3.40. The molecular formula is C24H30N4+2. The summed E-state index contributed by atoms with van der Waals surface area (Å²) in [7, 11) is 0. The van der Waals surface area contributed by atoms with E-state index in [1.807, 2.05) is 0 Å². The van der Waals surface area contributed by atoms with Gasteiger partial charge in [-0.3, -0.25) is 0 Å². The molecule has 0 bridgehead atoms. The van der Waals surface area contributed by atoms with Gasteiger partial charge in [-0.1, -0.05) is 44.9 Å². The highest BCUT2D eigenvalue weighted by atomic mass is 15.1. The molecule has 2 heterocycles. The van der Waals surface area contributed by atoms with E-state index in [0.29, 0.717) is 0 Å². The Hall–Kier alpha value is -2.88. The summed E-state index contributed by atoms with van der Waals surface area (Å²) in [6, 6.07) is 13.1. The Kier molecular flexibility index (Phi) is 5.56. The fourth-order valence-electron chi connectivity index (χ4n) is 3.73. The van der Waals surface area contributed by atoms with Crippen LogP contribution in [0.3, 0.4) is 0 Å². The van der Waals surface area contributed by atoms with Crippen LogP contribution in [0.5, 0.6) is 0 Å². The maximum Gasteiger partial charge on any atom is 0.248 e. The third kappa shape index (κ3) is 3.72. The fourth-order valence-corrected chi connectivity index (χ4v) is 3.73. The smallest absolute Gasteiger partial charge is 0.236 e. The maximum atomic E-state index is 2.30. The second-order valence-electron chi connectivity index (χ2n) is 7.48. The molecule has 0 radical (unpaired) electrons. The molecule has 0 saturated heterocycles. The van der Waals surface area contributed by atoms with E-state index < -0.39 is 0 Å². The highest BCUT2D eigenvalue weighted by molar-refractivity contribution is 5.84. The third-order valence-corrected chi connectivity index (χ3v) is 5.34. The van der Waals surface area contributed by atoms with Gasteiger partial charge in [0.2, 0.25) is 12.7 Å². The zero-order valence-corrected chi connectivity index (χ0v) is 17.0. The highest BCUT2D eigenvalue weighted by Crippen LogP contribution is 2.36. The van der Waals surface area contributed by atoms with Gasteiger partial charge in [-0.15, -0.1) is 0 Å². The number of aryl methyl sites for hydroxylation is 2. The Bertz CT molecular complexity index is 933. The van der Waals surface area contributed by atoms with Crippen LogP contribution in [0.15, 0.2) is 73.8 Å². The first kappa shape index (κ1) is 18.5. The van der Waals surface area contributed by atoms with E-state index in [1.54, 1.807) is 0 Å². The van der Waals surface area contributed by atoms with Crippen LogP contribution in [0.2, 0.25) is 0 Å². The minimum Gasteiger partial charge on any atom is -0.236 e. The molecule has 0 unspecified atom stereocenters. The van der Waals surface area contributed by atoms with Crippen LogP contribution in [0.25, 0.3) is 22.5 Å². The molecule has 144 valence electrons. The summed E-state index contributed by atoms with van der Waals surface area (Å²) >= 11 is 0. The van der Waals surface area contributed by atoms with E-state index in [4.69, 9.17) is 0 Å². The van der Waals surface area contributed by atoms with Gasteiger partial charge in [0.05, 0.1) is 13.1 Å². The molecule has 2 aromatic heterocycles. The van der Waals surface area contributed by atoms with E-state index >= 15 is 0 Å². The lowest BCUT2D eigenvalue weighted by Gasteiger charge is -1.97. The topological polar surface area (TPSA) is 17.6 Å². The van der Waals surface area contributed by atoms with Gasteiger partial charge in [-0.05, 0) is 25.0 Å². The molecule has 4 heteroatoms. The number of rotatable bonds is 8. The number of imidazole rings is 2. The number of nitrogens with zero attached hydrogens (tertiary/aromatic N) is 4. The van der Waals surface area contributed by atoms with Crippen molar-refractivity contribution in [2.45, 2.75) is 52.6 Å². The van der Waals surface area contributed by atoms with E-state index in [2.05, 4.69) is 106 Å². The molecular weight excluding hydrogens is 344 g/mol. The number of fused-ring (bicyclic) bond motifs is 1. The minimum absolute atomic E-state index is 1.07. The van der Waals surface area contributed by atoms with Crippen molar-refractivity contribution in [2.24, 2.45) is 0 Å². The van der Waals surface area contributed by atoms with Crippen molar-refractivity contribution in [3.05, 3.63) is 73.8 Å². The predicted octanol–water partition coefficient (Wildman–Crippen LogP) is 4.55. The van der Waals surface area contributed by atoms with Gasteiger partial charge in [0.15, 0.2) is 0 Å². The molecule has 0 saturated carbocycles. The normalized spacial score (nSPS) is 11.4.